The van der Waals surface area contributed by atoms with Crippen LogP contribution in [-0.4, -0.2) is 12.0 Å². The van der Waals surface area contributed by atoms with Crippen LogP contribution in [0.4, 0.5) is 10.2 Å². The minimum Gasteiger partial charge on any atom is -0.434 e. The molecule has 7 heteroatoms. The van der Waals surface area contributed by atoms with E-state index in [1.165, 1.54) is 18.2 Å². The Hall–Kier alpha value is -1.04. The lowest BCUT2D eigenvalue weighted by Crippen LogP contribution is -1.97. The van der Waals surface area contributed by atoms with Crippen molar-refractivity contribution < 1.29 is 9.13 Å². The third kappa shape index (κ3) is 3.29. The highest BCUT2D eigenvalue weighted by Crippen LogP contribution is 2.34. The van der Waals surface area contributed by atoms with E-state index in [0.29, 0.717) is 15.3 Å². The van der Waals surface area contributed by atoms with Gasteiger partial charge in [-0.1, -0.05) is 39.1 Å². The lowest BCUT2D eigenvalue weighted by Gasteiger charge is -2.10. The van der Waals surface area contributed by atoms with Gasteiger partial charge >= 0.3 is 0 Å². The van der Waals surface area contributed by atoms with Gasteiger partial charge in [-0.3, -0.25) is 0 Å². The normalized spacial score (nSPS) is 10.4. The van der Waals surface area contributed by atoms with Gasteiger partial charge in [-0.15, -0.1) is 0 Å². The van der Waals surface area contributed by atoms with Gasteiger partial charge in [0.1, 0.15) is 10.8 Å². The van der Waals surface area contributed by atoms with Crippen molar-refractivity contribution in [1.29, 1.82) is 0 Å². The van der Waals surface area contributed by atoms with E-state index in [0.717, 1.165) is 0 Å². The molecule has 0 amide bonds. The van der Waals surface area contributed by atoms with Gasteiger partial charge in [0, 0.05) is 11.5 Å². The molecule has 0 saturated carbocycles. The monoisotopic (exact) mass is 364 g/mol. The maximum Gasteiger partial charge on any atom is 0.240 e. The van der Waals surface area contributed by atoms with Crippen LogP contribution in [0.2, 0.25) is 10.0 Å². The van der Waals surface area contributed by atoms with Crippen molar-refractivity contribution in [2.45, 2.75) is 0 Å². The molecule has 1 aromatic carbocycles. The fourth-order valence-corrected chi connectivity index (χ4v) is 2.18. The largest absolute Gasteiger partial charge is 0.434 e. The number of anilines is 1. The highest BCUT2D eigenvalue weighted by Gasteiger charge is 2.13. The number of aromatic nitrogens is 1. The molecule has 0 saturated heterocycles. The average molecular weight is 366 g/mol. The van der Waals surface area contributed by atoms with E-state index >= 15 is 0 Å². The molecule has 100 valence electrons. The summed E-state index contributed by atoms with van der Waals surface area (Å²) in [5.41, 5.74) is 0. The molecule has 1 aromatic heterocycles. The van der Waals surface area contributed by atoms with Crippen LogP contribution in [-0.2, 0) is 0 Å². The summed E-state index contributed by atoms with van der Waals surface area (Å²) in [6, 6.07) is 5.90. The Morgan fingerprint density at radius 2 is 2.00 bits per heavy atom. The lowest BCUT2D eigenvalue weighted by atomic mass is 10.3. The second-order valence-electron chi connectivity index (χ2n) is 3.53. The quantitative estimate of drug-likeness (QED) is 0.819. The number of ether oxygens (including phenoxy) is 1. The Bertz CT molecular complexity index is 625. The molecule has 1 heterocycles. The molecule has 0 spiro atoms. The second kappa shape index (κ2) is 5.94. The zero-order valence-corrected chi connectivity index (χ0v) is 12.8. The number of halogens is 4. The lowest BCUT2D eigenvalue weighted by molar-refractivity contribution is 0.428. The molecular weight excluding hydrogens is 358 g/mol. The Kier molecular flexibility index (Phi) is 4.50. The summed E-state index contributed by atoms with van der Waals surface area (Å²) in [5, 5.41) is 3.35. The molecule has 0 aliphatic carbocycles. The standard InChI is InChI=1S/C12H8BrCl2FN2O/c1-17-11-7(14)5-8(15)12(18-11)19-10-3-2-6(13)4-9(10)16/h2-5H,1H3,(H,17,18). The van der Waals surface area contributed by atoms with E-state index in [-0.39, 0.29) is 16.7 Å². The number of nitrogens with one attached hydrogen (secondary N) is 1. The summed E-state index contributed by atoms with van der Waals surface area (Å²) < 4.78 is 19.6. The SMILES string of the molecule is CNc1nc(Oc2ccc(Br)cc2F)c(Cl)cc1Cl. The van der Waals surface area contributed by atoms with Crippen molar-refractivity contribution >= 4 is 44.9 Å². The Morgan fingerprint density at radius 1 is 1.26 bits per heavy atom. The first kappa shape index (κ1) is 14.4. The molecule has 0 aliphatic rings. The number of hydrogen-bond donors (Lipinski definition) is 1. The van der Waals surface area contributed by atoms with Crippen molar-refractivity contribution in [3.63, 3.8) is 0 Å². The third-order valence-corrected chi connectivity index (χ3v) is 3.29. The minimum absolute atomic E-state index is 0.0296. The van der Waals surface area contributed by atoms with Crippen LogP contribution >= 0.6 is 39.1 Å². The summed E-state index contributed by atoms with van der Waals surface area (Å²) in [4.78, 5) is 4.07. The smallest absolute Gasteiger partial charge is 0.240 e. The van der Waals surface area contributed by atoms with Crippen molar-refractivity contribution in [3.8, 4) is 11.6 Å². The van der Waals surface area contributed by atoms with Gasteiger partial charge in [-0.2, -0.15) is 4.98 Å². The molecular formula is C12H8BrCl2FN2O. The van der Waals surface area contributed by atoms with E-state index in [1.807, 2.05) is 0 Å². The Balaban J connectivity index is 2.37. The number of rotatable bonds is 3. The fourth-order valence-electron chi connectivity index (χ4n) is 1.36. The summed E-state index contributed by atoms with van der Waals surface area (Å²) in [6.07, 6.45) is 0. The van der Waals surface area contributed by atoms with Crippen LogP contribution in [0, 0.1) is 5.82 Å². The maximum atomic E-state index is 13.7. The van der Waals surface area contributed by atoms with E-state index in [2.05, 4.69) is 26.2 Å². The minimum atomic E-state index is -0.520. The van der Waals surface area contributed by atoms with Gasteiger partial charge in [0.15, 0.2) is 11.6 Å². The molecule has 0 radical (unpaired) electrons. The highest BCUT2D eigenvalue weighted by molar-refractivity contribution is 9.10. The maximum absolute atomic E-state index is 13.7. The van der Waals surface area contributed by atoms with Gasteiger partial charge in [0.05, 0.1) is 5.02 Å². The molecule has 0 unspecified atom stereocenters. The zero-order chi connectivity index (χ0) is 14.0. The van der Waals surface area contributed by atoms with Crippen LogP contribution in [0.3, 0.4) is 0 Å². The summed E-state index contributed by atoms with van der Waals surface area (Å²) >= 11 is 15.0. The molecule has 0 bridgehead atoms. The highest BCUT2D eigenvalue weighted by atomic mass is 79.9. The molecule has 0 aliphatic heterocycles. The van der Waals surface area contributed by atoms with Gasteiger partial charge in [-0.05, 0) is 24.3 Å². The predicted octanol–water partition coefficient (Wildman–Crippen LogP) is 5.12. The van der Waals surface area contributed by atoms with E-state index < -0.39 is 5.82 Å². The second-order valence-corrected chi connectivity index (χ2v) is 5.26. The molecule has 2 aromatic rings. The van der Waals surface area contributed by atoms with E-state index in [9.17, 15) is 4.39 Å². The Morgan fingerprint density at radius 3 is 2.63 bits per heavy atom. The first-order valence-corrected chi connectivity index (χ1v) is 6.73. The van der Waals surface area contributed by atoms with Crippen molar-refractivity contribution in [2.24, 2.45) is 0 Å². The molecule has 1 N–H and O–H groups in total. The third-order valence-electron chi connectivity index (χ3n) is 2.23. The van der Waals surface area contributed by atoms with Gasteiger partial charge in [-0.25, -0.2) is 4.39 Å². The van der Waals surface area contributed by atoms with Gasteiger partial charge in [0.25, 0.3) is 0 Å². The summed E-state index contributed by atoms with van der Waals surface area (Å²) in [5.74, 6) is -0.00889. The van der Waals surface area contributed by atoms with Crippen molar-refractivity contribution in [3.05, 3.63) is 44.6 Å². The van der Waals surface area contributed by atoms with Crippen LogP contribution in [0.15, 0.2) is 28.7 Å². The summed E-state index contributed by atoms with van der Waals surface area (Å²) in [7, 11) is 1.66. The van der Waals surface area contributed by atoms with Crippen molar-refractivity contribution in [2.75, 3.05) is 12.4 Å². The predicted molar refractivity (Wildman–Crippen MR) is 78.0 cm³/mol. The number of hydrogen-bond acceptors (Lipinski definition) is 3. The number of benzene rings is 1. The molecule has 19 heavy (non-hydrogen) atoms. The molecule has 0 atom stereocenters. The topological polar surface area (TPSA) is 34.2 Å². The fraction of sp³-hybridized carbons (Fsp3) is 0.0833. The Labute approximate surface area is 127 Å². The van der Waals surface area contributed by atoms with Crippen LogP contribution in [0.25, 0.3) is 0 Å². The van der Waals surface area contributed by atoms with Gasteiger partial charge < -0.3 is 10.1 Å². The first-order valence-electron chi connectivity index (χ1n) is 5.18. The van der Waals surface area contributed by atoms with Gasteiger partial charge in [0.2, 0.25) is 5.88 Å². The van der Waals surface area contributed by atoms with Crippen LogP contribution in [0.5, 0.6) is 11.6 Å². The first-order chi connectivity index (χ1) is 9.01. The van der Waals surface area contributed by atoms with Crippen molar-refractivity contribution in [1.82, 2.24) is 4.98 Å². The van der Waals surface area contributed by atoms with E-state index in [4.69, 9.17) is 27.9 Å². The van der Waals surface area contributed by atoms with E-state index in [1.54, 1.807) is 13.1 Å². The molecule has 2 rings (SSSR count). The number of nitrogens with zero attached hydrogens (tertiary/aromatic N) is 1. The summed E-state index contributed by atoms with van der Waals surface area (Å²) in [6.45, 7) is 0. The average Bonchev–Trinajstić information content (AvgIpc) is 2.35. The molecule has 0 fully saturated rings. The zero-order valence-electron chi connectivity index (χ0n) is 9.68. The molecule has 3 nitrogen and oxygen atoms in total. The number of pyridine rings is 1. The van der Waals surface area contributed by atoms with Crippen LogP contribution in [0.1, 0.15) is 0 Å². The van der Waals surface area contributed by atoms with Crippen LogP contribution < -0.4 is 10.1 Å².